The number of hydrogen-bond donors (Lipinski definition) is 9. The van der Waals surface area contributed by atoms with Gasteiger partial charge in [0.1, 0.15) is 61.5 Å². The zero-order valence-corrected chi connectivity index (χ0v) is 48.2. The van der Waals surface area contributed by atoms with Crippen LogP contribution in [0, 0.1) is 68.0 Å². The monoisotopic (exact) mass is 1150 g/mol. The van der Waals surface area contributed by atoms with Gasteiger partial charge in [-0.3, -0.25) is 24.1 Å². The summed E-state index contributed by atoms with van der Waals surface area (Å²) in [6, 6.07) is 0. The Morgan fingerprint density at radius 3 is 1.96 bits per heavy atom. The van der Waals surface area contributed by atoms with Crippen molar-refractivity contribution in [2.24, 2.45) is 68.0 Å². The van der Waals surface area contributed by atoms with Crippen molar-refractivity contribution in [3.63, 3.8) is 0 Å². The second-order valence-electron chi connectivity index (χ2n) is 28.1. The van der Waals surface area contributed by atoms with Crippen LogP contribution in [0.5, 0.6) is 0 Å². The van der Waals surface area contributed by atoms with Crippen molar-refractivity contribution in [3.8, 4) is 0 Å². The third kappa shape index (κ3) is 10.5. The molecule has 456 valence electrons. The molecule has 21 nitrogen and oxygen atoms in total. The Balaban J connectivity index is 0.791. The van der Waals surface area contributed by atoms with E-state index in [1.54, 1.807) is 0 Å². The topological polar surface area (TPSA) is 318 Å². The number of aliphatic hydroxyl groups is 9. The van der Waals surface area contributed by atoms with Crippen LogP contribution in [0.2, 0.25) is 0 Å². The largest absolute Gasteiger partial charge is 0.463 e. The van der Waals surface area contributed by atoms with E-state index in [1.807, 2.05) is 6.92 Å². The molecule has 3 saturated heterocycles. The third-order valence-corrected chi connectivity index (χ3v) is 23.1. The number of nitrogens with zero attached hydrogens (tertiary/aromatic N) is 1. The molecule has 4 aliphatic heterocycles. The zero-order valence-electron chi connectivity index (χ0n) is 48.2. The van der Waals surface area contributed by atoms with Crippen LogP contribution in [0.15, 0.2) is 23.8 Å². The number of hydrogen-bond acceptors (Lipinski definition) is 20. The first-order valence-corrected chi connectivity index (χ1v) is 30.0. The lowest BCUT2D eigenvalue weighted by molar-refractivity contribution is -0.328. The fourth-order valence-electron chi connectivity index (χ4n) is 17.6. The summed E-state index contributed by atoms with van der Waals surface area (Å²) in [5, 5.41) is 99.5. The molecule has 5 saturated carbocycles. The van der Waals surface area contributed by atoms with Gasteiger partial charge in [-0.25, -0.2) is 0 Å². The van der Waals surface area contributed by atoms with E-state index in [0.717, 1.165) is 32.1 Å². The number of carbonyl (C=O) groups is 4. The van der Waals surface area contributed by atoms with E-state index < -0.39 is 128 Å². The van der Waals surface area contributed by atoms with Gasteiger partial charge in [-0.1, -0.05) is 60.1 Å². The van der Waals surface area contributed by atoms with E-state index in [4.69, 9.17) is 33.2 Å². The number of imide groups is 1. The molecule has 0 aromatic carbocycles. The van der Waals surface area contributed by atoms with Crippen LogP contribution >= 0.6 is 0 Å². The van der Waals surface area contributed by atoms with Crippen molar-refractivity contribution in [2.75, 3.05) is 33.0 Å². The number of esters is 2. The van der Waals surface area contributed by atoms with Gasteiger partial charge < -0.3 is 79.1 Å². The summed E-state index contributed by atoms with van der Waals surface area (Å²) in [6.45, 7) is 14.8. The summed E-state index contributed by atoms with van der Waals surface area (Å²) < 4.78 is 42.0. The summed E-state index contributed by atoms with van der Waals surface area (Å²) in [4.78, 5) is 53.6. The minimum atomic E-state index is -1.86. The summed E-state index contributed by atoms with van der Waals surface area (Å²) in [5.74, 6) is -2.49. The molecule has 0 radical (unpaired) electrons. The van der Waals surface area contributed by atoms with Gasteiger partial charge in [0, 0.05) is 30.0 Å². The van der Waals surface area contributed by atoms with Crippen molar-refractivity contribution < 1.29 is 98.3 Å². The number of amides is 2. The molecule has 4 heterocycles. The molecule has 0 spiro atoms. The van der Waals surface area contributed by atoms with Gasteiger partial charge in [0.05, 0.1) is 43.4 Å². The highest BCUT2D eigenvalue weighted by Gasteiger charge is 2.70. The van der Waals surface area contributed by atoms with Crippen LogP contribution in [0.3, 0.4) is 0 Å². The maximum absolute atomic E-state index is 15.2. The SMILES string of the molecule is C[C@H]1COC(O[C@H]2CC[C@@]3(C)C(CC[C@]4(C)[C@@H]3CC=C3[C@@H]5CC(C)(C)CCC5(C(=O)O[C@H]5O[C@H](COC6OC(COC(=O)C7CCC(CN8C(=O)C=CC8=O)CC7)[C@@H](O)[C@H](O)[C@H]6O)[C@@H](O)[C@H](O)[C@H]5O)CC[C@]34C)[C@]2(C)CO)[C@H](O)[C@H]1O. The fourth-order valence-corrected chi connectivity index (χ4v) is 17.6. The minimum absolute atomic E-state index is 0.0240. The first-order chi connectivity index (χ1) is 38.1. The Morgan fingerprint density at radius 2 is 1.30 bits per heavy atom. The van der Waals surface area contributed by atoms with Gasteiger partial charge in [-0.2, -0.15) is 0 Å². The second-order valence-corrected chi connectivity index (χ2v) is 28.1. The second kappa shape index (κ2) is 22.7. The summed E-state index contributed by atoms with van der Waals surface area (Å²) in [5.41, 5.74) is -1.26. The zero-order chi connectivity index (χ0) is 58.5. The van der Waals surface area contributed by atoms with Crippen LogP contribution in [0.25, 0.3) is 0 Å². The highest BCUT2D eigenvalue weighted by molar-refractivity contribution is 6.12. The number of aliphatic hydroxyl groups excluding tert-OH is 9. The molecule has 2 amide bonds. The first kappa shape index (κ1) is 61.1. The molecule has 5 unspecified atom stereocenters. The highest BCUT2D eigenvalue weighted by atomic mass is 16.7. The van der Waals surface area contributed by atoms with Gasteiger partial charge in [0.25, 0.3) is 11.8 Å². The Morgan fingerprint density at radius 1 is 0.679 bits per heavy atom. The maximum atomic E-state index is 15.2. The van der Waals surface area contributed by atoms with E-state index in [1.165, 1.54) is 22.6 Å². The van der Waals surface area contributed by atoms with Crippen LogP contribution in [0.1, 0.15) is 138 Å². The van der Waals surface area contributed by atoms with E-state index in [9.17, 15) is 60.3 Å². The Labute approximate surface area is 474 Å². The Hall–Kier alpha value is -3.00. The number of ether oxygens (including phenoxy) is 7. The van der Waals surface area contributed by atoms with E-state index >= 15 is 4.79 Å². The van der Waals surface area contributed by atoms with Gasteiger partial charge in [-0.05, 0) is 135 Å². The quantitative estimate of drug-likeness (QED) is 0.0553. The van der Waals surface area contributed by atoms with Crippen molar-refractivity contribution in [2.45, 2.75) is 224 Å². The molecule has 0 bridgehead atoms. The Kier molecular flexibility index (Phi) is 17.1. The molecule has 21 heteroatoms. The molecule has 6 aliphatic carbocycles. The molecule has 0 aromatic rings. The van der Waals surface area contributed by atoms with E-state index in [0.29, 0.717) is 57.8 Å². The number of fused-ring (bicyclic) bond motifs is 7. The number of allylic oxidation sites excluding steroid dienone is 2. The summed E-state index contributed by atoms with van der Waals surface area (Å²) in [6.07, 6.45) is -6.64. The minimum Gasteiger partial charge on any atom is -0.463 e. The molecule has 9 N–H and O–H groups in total. The van der Waals surface area contributed by atoms with Gasteiger partial charge >= 0.3 is 11.9 Å². The molecule has 10 rings (SSSR count). The average Bonchev–Trinajstić information content (AvgIpc) is 2.87. The molecule has 10 aliphatic rings. The number of carbonyl (C=O) groups excluding carboxylic acids is 4. The van der Waals surface area contributed by atoms with Gasteiger partial charge in [0.15, 0.2) is 12.6 Å². The van der Waals surface area contributed by atoms with E-state index in [2.05, 4.69) is 47.6 Å². The lowest BCUT2D eigenvalue weighted by atomic mass is 9.33. The van der Waals surface area contributed by atoms with Crippen molar-refractivity contribution in [3.05, 3.63) is 23.8 Å². The Bertz CT molecular complexity index is 2390. The number of rotatable bonds is 13. The fraction of sp³-hybridized carbons (Fsp3) is 0.867. The standard InChI is InChI=1S/C60H91NO20/c1-30-26-76-52(47(70)42(30)65)80-39-17-18-56(4)37(57(39,5)29-62)16-19-59(7)38(56)13-12-33-34-24-55(2,3)20-22-60(34,23-21-58(33,59)6)54(74)81-53-49(72)46(69)44(67)36(79-53)28-77-51-48(71)45(68)43(66)35(78-51)27-75-50(73)32-10-8-31(9-11-32)25-61-40(63)14-15-41(61)64/h12,14-15,30-32,34-39,42-49,51-53,62,65-72H,8-11,13,16-29H2,1-7H3/t30-,31?,32?,34-,35?,36+,37?,38+,39-,42-,43+,44+,45-,46-,47+,48+,49+,51?,52?,53+,56-,57-,58+,59+,60?/m0/s1. The average molecular weight is 1150 g/mol. The van der Waals surface area contributed by atoms with Crippen molar-refractivity contribution in [1.29, 1.82) is 0 Å². The summed E-state index contributed by atoms with van der Waals surface area (Å²) in [7, 11) is 0. The molecular weight excluding hydrogens is 1050 g/mol. The van der Waals surface area contributed by atoms with Crippen LogP contribution in [0.4, 0.5) is 0 Å². The lowest BCUT2D eigenvalue weighted by Gasteiger charge is -2.71. The summed E-state index contributed by atoms with van der Waals surface area (Å²) >= 11 is 0. The molecular formula is C60H91NO20. The molecule has 8 fully saturated rings. The van der Waals surface area contributed by atoms with Crippen LogP contribution < -0.4 is 0 Å². The smallest absolute Gasteiger partial charge is 0.315 e. The van der Waals surface area contributed by atoms with Crippen LogP contribution in [-0.4, -0.2) is 194 Å². The van der Waals surface area contributed by atoms with Crippen molar-refractivity contribution >= 4 is 23.8 Å². The molecule has 23 atom stereocenters. The van der Waals surface area contributed by atoms with Crippen molar-refractivity contribution in [1.82, 2.24) is 4.90 Å². The maximum Gasteiger partial charge on any atom is 0.315 e. The normalized spacial score (nSPS) is 49.6. The van der Waals surface area contributed by atoms with Gasteiger partial charge in [0.2, 0.25) is 6.29 Å². The third-order valence-electron chi connectivity index (χ3n) is 23.1. The first-order valence-electron chi connectivity index (χ1n) is 30.0. The highest BCUT2D eigenvalue weighted by Crippen LogP contribution is 2.76. The molecule has 81 heavy (non-hydrogen) atoms. The lowest BCUT2D eigenvalue weighted by Crippen LogP contribution is -2.67. The van der Waals surface area contributed by atoms with Gasteiger partial charge in [-0.15, -0.1) is 0 Å². The predicted octanol–water partition coefficient (Wildman–Crippen LogP) is 2.31. The predicted molar refractivity (Wildman–Crippen MR) is 284 cm³/mol. The van der Waals surface area contributed by atoms with E-state index in [-0.39, 0.29) is 82.8 Å². The molecule has 0 aromatic heterocycles. The van der Waals surface area contributed by atoms with Crippen LogP contribution in [-0.2, 0) is 52.3 Å².